The molecule has 0 saturated heterocycles. The summed E-state index contributed by atoms with van der Waals surface area (Å²) in [7, 11) is 0. The first-order valence-corrected chi connectivity index (χ1v) is 20.2. The number of hydrogen-bond acceptors (Lipinski definition) is 3. The number of nitrogens with one attached hydrogen (secondary N) is 1. The maximum absolute atomic E-state index is 5.82. The van der Waals surface area contributed by atoms with E-state index in [1.165, 1.54) is 39.0 Å². The molecule has 2 aliphatic carbocycles. The van der Waals surface area contributed by atoms with E-state index < -0.39 is 0 Å². The number of benzene rings is 3. The second-order valence-corrected chi connectivity index (χ2v) is 14.6. The SMILES string of the molecule is C=C(/C=C\C=C/CC(=C)C/C(=C\C=C\Nc1ccc(/C(C)=C/C=C\Cc2ccccc2S)cc1)c1ccccc1)/C=C\OC(=C)C1=CC=C(C2=CC=CCC2)CC1. The van der Waals surface area contributed by atoms with Gasteiger partial charge in [-0.2, -0.15) is 0 Å². The monoisotopic (exact) mass is 765 g/mol. The van der Waals surface area contributed by atoms with Gasteiger partial charge in [-0.15, -0.1) is 12.6 Å². The van der Waals surface area contributed by atoms with Gasteiger partial charge in [0.25, 0.3) is 0 Å². The zero-order chi connectivity index (χ0) is 40.1. The van der Waals surface area contributed by atoms with Crippen LogP contribution < -0.4 is 5.32 Å². The lowest BCUT2D eigenvalue weighted by atomic mass is 9.89. The molecule has 0 bridgehead atoms. The van der Waals surface area contributed by atoms with Gasteiger partial charge in [-0.25, -0.2) is 0 Å². The summed E-state index contributed by atoms with van der Waals surface area (Å²) in [6.07, 6.45) is 41.9. The molecular formula is C54H55NOS. The van der Waals surface area contributed by atoms with Crippen molar-refractivity contribution in [1.82, 2.24) is 0 Å². The first kappa shape index (κ1) is 42.1. The second kappa shape index (κ2) is 23.1. The van der Waals surface area contributed by atoms with Gasteiger partial charge in [0.1, 0.15) is 5.76 Å². The molecule has 0 heterocycles. The average molecular weight is 766 g/mol. The molecule has 3 heteroatoms. The number of hydrogen-bond donors (Lipinski definition) is 2. The Balaban J connectivity index is 1.05. The van der Waals surface area contributed by atoms with Crippen LogP contribution in [-0.4, -0.2) is 0 Å². The van der Waals surface area contributed by atoms with Crippen molar-refractivity contribution in [2.75, 3.05) is 5.32 Å². The third kappa shape index (κ3) is 14.5. The van der Waals surface area contributed by atoms with E-state index in [2.05, 4.69) is 172 Å². The van der Waals surface area contributed by atoms with Crippen molar-refractivity contribution in [3.8, 4) is 0 Å². The summed E-state index contributed by atoms with van der Waals surface area (Å²) in [4.78, 5) is 1.03. The molecule has 57 heavy (non-hydrogen) atoms. The molecule has 2 nitrogen and oxygen atoms in total. The number of thiol groups is 1. The third-order valence-corrected chi connectivity index (χ3v) is 10.2. The summed E-state index contributed by atoms with van der Waals surface area (Å²) in [5.74, 6) is 0.686. The Kier molecular flexibility index (Phi) is 17.1. The van der Waals surface area contributed by atoms with Crippen molar-refractivity contribution >= 4 is 29.5 Å². The molecule has 0 spiro atoms. The predicted octanol–water partition coefficient (Wildman–Crippen LogP) is 15.2. The Morgan fingerprint density at radius 2 is 1.54 bits per heavy atom. The molecule has 288 valence electrons. The minimum atomic E-state index is 0.686. The van der Waals surface area contributed by atoms with Gasteiger partial charge in [-0.3, -0.25) is 0 Å². The molecule has 0 fully saturated rings. The number of allylic oxidation sites excluding steroid dienone is 22. The summed E-state index contributed by atoms with van der Waals surface area (Å²) in [5, 5.41) is 3.41. The Labute approximate surface area is 347 Å². The Hall–Kier alpha value is -6.03. The van der Waals surface area contributed by atoms with Crippen LogP contribution in [0.2, 0.25) is 0 Å². The highest BCUT2D eigenvalue weighted by atomic mass is 32.1. The highest BCUT2D eigenvalue weighted by Crippen LogP contribution is 2.31. The second-order valence-electron chi connectivity index (χ2n) is 14.1. The minimum absolute atomic E-state index is 0.686. The summed E-state index contributed by atoms with van der Waals surface area (Å²) in [5.41, 5.74) is 13.0. The van der Waals surface area contributed by atoms with E-state index in [1.807, 2.05) is 48.7 Å². The van der Waals surface area contributed by atoms with Crippen LogP contribution in [0, 0.1) is 0 Å². The highest BCUT2D eigenvalue weighted by molar-refractivity contribution is 7.80. The molecular weight excluding hydrogens is 711 g/mol. The molecule has 2 aliphatic rings. The van der Waals surface area contributed by atoms with Crippen LogP contribution in [-0.2, 0) is 11.2 Å². The summed E-state index contributed by atoms with van der Waals surface area (Å²) in [6.45, 7) is 14.8. The standard InChI is InChI=1S/C54H55NOS/c1-42(38-40-56-45(4)47-30-32-50(33-31-47)48-22-10-6-11-23-48)19-8-5-9-20-43(2)41-52(49-24-12-7-13-25-49)28-18-39-55-53-36-34-46(35-37-53)44(3)21-14-15-26-51-27-16-17-29-54(51)57/h5-10,12-19,21-22,24-25,27-30,32,34-40,55,57H,1-2,4,11,20,23,26,31,33,41H2,3H3/b9-5-,15-14-,19-8-,39-18+,40-38-,44-21+,52-28+. The topological polar surface area (TPSA) is 21.3 Å². The number of ether oxygens (including phenoxy) is 1. The van der Waals surface area contributed by atoms with Crippen molar-refractivity contribution < 1.29 is 4.74 Å². The minimum Gasteiger partial charge on any atom is -0.465 e. The van der Waals surface area contributed by atoms with Crippen molar-refractivity contribution in [2.24, 2.45) is 0 Å². The van der Waals surface area contributed by atoms with Gasteiger partial charge >= 0.3 is 0 Å². The first-order chi connectivity index (χ1) is 27.9. The largest absolute Gasteiger partial charge is 0.465 e. The molecule has 0 radical (unpaired) electrons. The fraction of sp³-hybridized carbons (Fsp3) is 0.148. The quantitative estimate of drug-likeness (QED) is 0.0549. The van der Waals surface area contributed by atoms with Crippen molar-refractivity contribution in [2.45, 2.75) is 56.8 Å². The van der Waals surface area contributed by atoms with Gasteiger partial charge < -0.3 is 10.1 Å². The van der Waals surface area contributed by atoms with Crippen molar-refractivity contribution in [3.05, 3.63) is 253 Å². The van der Waals surface area contributed by atoms with E-state index in [1.54, 1.807) is 6.26 Å². The van der Waals surface area contributed by atoms with Gasteiger partial charge in [0, 0.05) is 16.8 Å². The van der Waals surface area contributed by atoms with E-state index >= 15 is 0 Å². The van der Waals surface area contributed by atoms with E-state index in [9.17, 15) is 0 Å². The van der Waals surface area contributed by atoms with Gasteiger partial charge in [0.05, 0.1) is 6.26 Å². The zero-order valence-corrected chi connectivity index (χ0v) is 34.1. The van der Waals surface area contributed by atoms with E-state index in [0.717, 1.165) is 72.2 Å². The number of anilines is 1. The third-order valence-electron chi connectivity index (χ3n) is 9.77. The molecule has 0 unspecified atom stereocenters. The average Bonchev–Trinajstić information content (AvgIpc) is 3.24. The van der Waals surface area contributed by atoms with Crippen LogP contribution in [0.1, 0.15) is 62.1 Å². The zero-order valence-electron chi connectivity index (χ0n) is 33.2. The Bertz CT molecular complexity index is 2210. The number of rotatable bonds is 19. The van der Waals surface area contributed by atoms with Gasteiger partial charge in [-0.1, -0.05) is 165 Å². The van der Waals surface area contributed by atoms with Crippen LogP contribution in [0.15, 0.2) is 241 Å². The van der Waals surface area contributed by atoms with Crippen molar-refractivity contribution in [1.29, 1.82) is 0 Å². The van der Waals surface area contributed by atoms with Gasteiger partial charge in [0.15, 0.2) is 0 Å². The molecule has 0 atom stereocenters. The maximum Gasteiger partial charge on any atom is 0.122 e. The van der Waals surface area contributed by atoms with E-state index in [0.29, 0.717) is 5.76 Å². The molecule has 1 N–H and O–H groups in total. The lowest BCUT2D eigenvalue weighted by Gasteiger charge is -2.18. The van der Waals surface area contributed by atoms with E-state index in [-0.39, 0.29) is 0 Å². The van der Waals surface area contributed by atoms with Crippen LogP contribution >= 0.6 is 12.6 Å². The molecule has 0 aromatic heterocycles. The molecule has 0 amide bonds. The molecule has 3 aromatic carbocycles. The highest BCUT2D eigenvalue weighted by Gasteiger charge is 2.13. The predicted molar refractivity (Wildman–Crippen MR) is 251 cm³/mol. The smallest absolute Gasteiger partial charge is 0.122 e. The molecule has 5 rings (SSSR count). The van der Waals surface area contributed by atoms with Gasteiger partial charge in [-0.05, 0) is 132 Å². The van der Waals surface area contributed by atoms with Gasteiger partial charge in [0.2, 0.25) is 0 Å². The Morgan fingerprint density at radius 3 is 2.30 bits per heavy atom. The fourth-order valence-electron chi connectivity index (χ4n) is 6.41. The Morgan fingerprint density at radius 1 is 0.754 bits per heavy atom. The lowest BCUT2D eigenvalue weighted by Crippen LogP contribution is -2.00. The first-order valence-electron chi connectivity index (χ1n) is 19.7. The van der Waals surface area contributed by atoms with E-state index in [4.69, 9.17) is 4.74 Å². The molecule has 0 saturated carbocycles. The van der Waals surface area contributed by atoms with Crippen molar-refractivity contribution in [3.63, 3.8) is 0 Å². The molecule has 0 aliphatic heterocycles. The summed E-state index contributed by atoms with van der Waals surface area (Å²) < 4.78 is 5.82. The normalized spacial score (nSPS) is 15.1. The van der Waals surface area contributed by atoms with Crippen LogP contribution in [0.3, 0.4) is 0 Å². The lowest BCUT2D eigenvalue weighted by molar-refractivity contribution is 0.359. The fourth-order valence-corrected chi connectivity index (χ4v) is 6.66. The maximum atomic E-state index is 5.82. The van der Waals surface area contributed by atoms with Crippen LogP contribution in [0.5, 0.6) is 0 Å². The van der Waals surface area contributed by atoms with Crippen LogP contribution in [0.25, 0.3) is 11.1 Å². The summed E-state index contributed by atoms with van der Waals surface area (Å²) >= 11 is 4.55. The summed E-state index contributed by atoms with van der Waals surface area (Å²) in [6, 6.07) is 27.2. The van der Waals surface area contributed by atoms with Crippen LogP contribution in [0.4, 0.5) is 5.69 Å². The molecule has 3 aromatic rings.